The van der Waals surface area contributed by atoms with Crippen LogP contribution in [0.2, 0.25) is 0 Å². The van der Waals surface area contributed by atoms with Crippen molar-refractivity contribution < 1.29 is 4.79 Å². The van der Waals surface area contributed by atoms with E-state index in [-0.39, 0.29) is 11.3 Å². The number of nitrogens with zero attached hydrogens (tertiary/aromatic N) is 2. The average Bonchev–Trinajstić information content (AvgIpc) is 2.56. The molecule has 1 heterocycles. The summed E-state index contributed by atoms with van der Waals surface area (Å²) in [6.45, 7) is 1.51. The Morgan fingerprint density at radius 2 is 2.46 bits per heavy atom. The first-order chi connectivity index (χ1) is 6.16. The van der Waals surface area contributed by atoms with Gasteiger partial charge in [0, 0.05) is 11.9 Å². The molecule has 3 N–H and O–H groups in total. The fraction of sp³-hybridized carbons (Fsp3) is 0.125. The van der Waals surface area contributed by atoms with E-state index in [1.165, 1.54) is 19.3 Å². The van der Waals surface area contributed by atoms with Gasteiger partial charge in [0.2, 0.25) is 5.78 Å². The molecule has 0 atom stereocenters. The molecule has 0 unspecified atom stereocenters. The van der Waals surface area contributed by atoms with Crippen LogP contribution < -0.4 is 5.73 Å². The Balaban J connectivity index is 3.06. The summed E-state index contributed by atoms with van der Waals surface area (Å²) in [5.41, 5.74) is 5.87. The molecule has 0 radical (unpaired) electrons. The van der Waals surface area contributed by atoms with Crippen LogP contribution in [0.4, 0.5) is 0 Å². The predicted molar refractivity (Wildman–Crippen MR) is 45.4 cm³/mol. The maximum absolute atomic E-state index is 11.5. The van der Waals surface area contributed by atoms with Crippen molar-refractivity contribution in [2.75, 3.05) is 0 Å². The number of nitrogens with one attached hydrogen (secondary N) is 1. The summed E-state index contributed by atoms with van der Waals surface area (Å²) in [5.74, 6) is -0.406. The molecule has 5 heteroatoms. The van der Waals surface area contributed by atoms with Crippen molar-refractivity contribution in [3.63, 3.8) is 0 Å². The van der Waals surface area contributed by atoms with E-state index < -0.39 is 5.78 Å². The number of nitriles is 1. The number of Topliss-reactive ketones (excluding diaryl/α,β-unsaturated/α-hetero) is 1. The van der Waals surface area contributed by atoms with Gasteiger partial charge < -0.3 is 5.73 Å². The highest BCUT2D eigenvalue weighted by atomic mass is 16.1. The second-order valence-corrected chi connectivity index (χ2v) is 2.49. The summed E-state index contributed by atoms with van der Waals surface area (Å²) in [4.78, 5) is 11.5. The Kier molecular flexibility index (Phi) is 2.45. The molecule has 0 saturated carbocycles. The predicted octanol–water partition coefficient (Wildman–Crippen LogP) is 0.349. The van der Waals surface area contributed by atoms with Crippen LogP contribution in [-0.4, -0.2) is 16.0 Å². The van der Waals surface area contributed by atoms with E-state index in [9.17, 15) is 4.79 Å². The van der Waals surface area contributed by atoms with Gasteiger partial charge in [-0.3, -0.25) is 9.89 Å². The van der Waals surface area contributed by atoms with Crippen molar-refractivity contribution in [1.29, 1.82) is 5.26 Å². The molecule has 1 aromatic rings. The van der Waals surface area contributed by atoms with Crippen LogP contribution in [0, 0.1) is 11.3 Å². The van der Waals surface area contributed by atoms with Crippen LogP contribution in [0.15, 0.2) is 23.7 Å². The summed E-state index contributed by atoms with van der Waals surface area (Å²) < 4.78 is 0. The van der Waals surface area contributed by atoms with E-state index in [1.807, 2.05) is 0 Å². The molecule has 5 nitrogen and oxygen atoms in total. The van der Waals surface area contributed by atoms with Crippen LogP contribution in [0.3, 0.4) is 0 Å². The summed E-state index contributed by atoms with van der Waals surface area (Å²) in [6, 6.07) is 1.75. The van der Waals surface area contributed by atoms with Crippen LogP contribution in [0.1, 0.15) is 17.3 Å². The molecule has 0 fully saturated rings. The summed E-state index contributed by atoms with van der Waals surface area (Å²) in [7, 11) is 0. The van der Waals surface area contributed by atoms with Gasteiger partial charge in [0.1, 0.15) is 11.6 Å². The molecular weight excluding hydrogens is 168 g/mol. The van der Waals surface area contributed by atoms with E-state index in [1.54, 1.807) is 6.07 Å². The lowest BCUT2D eigenvalue weighted by Gasteiger charge is -1.96. The van der Waals surface area contributed by atoms with Crippen molar-refractivity contribution in [2.45, 2.75) is 6.92 Å². The van der Waals surface area contributed by atoms with Gasteiger partial charge in [0.25, 0.3) is 0 Å². The Bertz CT molecular complexity index is 379. The standard InChI is InChI=1S/C8H8N4O/c1-5(10)7(2-9)8(13)6-3-11-12-4-6/h3-4H,10H2,1H3,(H,11,12)/b7-5-. The van der Waals surface area contributed by atoms with Crippen molar-refractivity contribution >= 4 is 5.78 Å². The minimum atomic E-state index is -0.406. The van der Waals surface area contributed by atoms with E-state index in [0.717, 1.165) is 0 Å². The van der Waals surface area contributed by atoms with Gasteiger partial charge in [0.15, 0.2) is 0 Å². The number of allylic oxidation sites excluding steroid dienone is 2. The summed E-state index contributed by atoms with van der Waals surface area (Å²) >= 11 is 0. The highest BCUT2D eigenvalue weighted by molar-refractivity contribution is 6.11. The van der Waals surface area contributed by atoms with Gasteiger partial charge in [-0.15, -0.1) is 0 Å². The number of rotatable bonds is 2. The van der Waals surface area contributed by atoms with Gasteiger partial charge >= 0.3 is 0 Å². The Morgan fingerprint density at radius 1 is 1.77 bits per heavy atom. The molecule has 0 aliphatic rings. The van der Waals surface area contributed by atoms with E-state index >= 15 is 0 Å². The fourth-order valence-electron chi connectivity index (χ4n) is 0.837. The topological polar surface area (TPSA) is 95.6 Å². The SMILES string of the molecule is C/C(N)=C(\C#N)C(=O)c1cn[nH]c1. The summed E-state index contributed by atoms with van der Waals surface area (Å²) in [5, 5.41) is 14.7. The van der Waals surface area contributed by atoms with E-state index in [2.05, 4.69) is 10.2 Å². The summed E-state index contributed by atoms with van der Waals surface area (Å²) in [6.07, 6.45) is 2.77. The number of aromatic nitrogens is 2. The zero-order valence-corrected chi connectivity index (χ0v) is 7.03. The molecule has 0 bridgehead atoms. The Morgan fingerprint density at radius 3 is 2.85 bits per heavy atom. The fourth-order valence-corrected chi connectivity index (χ4v) is 0.837. The lowest BCUT2D eigenvalue weighted by molar-refractivity contribution is 0.103. The molecule has 0 aliphatic heterocycles. The zero-order chi connectivity index (χ0) is 9.84. The van der Waals surface area contributed by atoms with Crippen molar-refractivity contribution in [1.82, 2.24) is 10.2 Å². The maximum atomic E-state index is 11.5. The zero-order valence-electron chi connectivity index (χ0n) is 7.03. The maximum Gasteiger partial charge on any atom is 0.208 e. The molecule has 0 spiro atoms. The molecule has 66 valence electrons. The second kappa shape index (κ2) is 3.54. The first-order valence-electron chi connectivity index (χ1n) is 3.56. The first-order valence-corrected chi connectivity index (χ1v) is 3.56. The Labute approximate surface area is 74.9 Å². The largest absolute Gasteiger partial charge is 0.401 e. The van der Waals surface area contributed by atoms with E-state index in [4.69, 9.17) is 11.0 Å². The van der Waals surface area contributed by atoms with Gasteiger partial charge in [-0.2, -0.15) is 10.4 Å². The highest BCUT2D eigenvalue weighted by Crippen LogP contribution is 2.07. The molecule has 0 saturated heterocycles. The molecule has 1 rings (SSSR count). The second-order valence-electron chi connectivity index (χ2n) is 2.49. The number of H-pyrrole nitrogens is 1. The van der Waals surface area contributed by atoms with Crippen LogP contribution in [0.5, 0.6) is 0 Å². The van der Waals surface area contributed by atoms with Gasteiger partial charge in [-0.25, -0.2) is 0 Å². The number of nitrogens with two attached hydrogens (primary N) is 1. The number of aromatic amines is 1. The normalized spacial score (nSPS) is 11.7. The highest BCUT2D eigenvalue weighted by Gasteiger charge is 2.14. The average molecular weight is 176 g/mol. The molecule has 0 aromatic carbocycles. The number of hydrogen-bond donors (Lipinski definition) is 2. The van der Waals surface area contributed by atoms with Crippen molar-refractivity contribution in [2.24, 2.45) is 5.73 Å². The van der Waals surface area contributed by atoms with Crippen LogP contribution in [-0.2, 0) is 0 Å². The third kappa shape index (κ3) is 1.73. The number of hydrogen-bond acceptors (Lipinski definition) is 4. The number of ketones is 1. The molecule has 0 amide bonds. The molecule has 0 aliphatic carbocycles. The minimum absolute atomic E-state index is 0.0404. The lowest BCUT2D eigenvalue weighted by atomic mass is 10.1. The smallest absolute Gasteiger partial charge is 0.208 e. The van der Waals surface area contributed by atoms with Gasteiger partial charge in [-0.05, 0) is 6.92 Å². The van der Waals surface area contributed by atoms with Gasteiger partial charge in [-0.1, -0.05) is 0 Å². The van der Waals surface area contributed by atoms with Crippen molar-refractivity contribution in [3.05, 3.63) is 29.2 Å². The first kappa shape index (κ1) is 9.00. The minimum Gasteiger partial charge on any atom is -0.401 e. The number of carbonyl (C=O) groups is 1. The third-order valence-electron chi connectivity index (χ3n) is 1.49. The molecule has 1 aromatic heterocycles. The quantitative estimate of drug-likeness (QED) is 0.386. The van der Waals surface area contributed by atoms with Gasteiger partial charge in [0.05, 0.1) is 11.8 Å². The number of carbonyl (C=O) groups excluding carboxylic acids is 1. The molecule has 13 heavy (non-hydrogen) atoms. The Hall–Kier alpha value is -2.09. The third-order valence-corrected chi connectivity index (χ3v) is 1.49. The van der Waals surface area contributed by atoms with Crippen LogP contribution >= 0.6 is 0 Å². The van der Waals surface area contributed by atoms with E-state index in [0.29, 0.717) is 5.56 Å². The lowest BCUT2D eigenvalue weighted by Crippen LogP contribution is -2.07. The monoisotopic (exact) mass is 176 g/mol. The molecular formula is C8H8N4O. The van der Waals surface area contributed by atoms with Crippen molar-refractivity contribution in [3.8, 4) is 6.07 Å². The van der Waals surface area contributed by atoms with Crippen LogP contribution in [0.25, 0.3) is 0 Å².